The van der Waals surface area contributed by atoms with E-state index in [1.165, 1.54) is 0 Å². The molecule has 0 aromatic heterocycles. The van der Waals surface area contributed by atoms with E-state index in [0.717, 1.165) is 5.56 Å². The van der Waals surface area contributed by atoms with Gasteiger partial charge in [-0.2, -0.15) is 0 Å². The van der Waals surface area contributed by atoms with Crippen molar-refractivity contribution in [2.45, 2.75) is 32.5 Å². The maximum absolute atomic E-state index is 13.8. The quantitative estimate of drug-likeness (QED) is 0.142. The number of fused-ring (bicyclic) bond motifs is 1. The highest BCUT2D eigenvalue weighted by Crippen LogP contribution is 2.31. The maximum Gasteiger partial charge on any atom is 0.323 e. The van der Waals surface area contributed by atoms with Gasteiger partial charge in [0.25, 0.3) is 11.8 Å². The van der Waals surface area contributed by atoms with Crippen LogP contribution in [0.2, 0.25) is 0 Å². The molecule has 0 bridgehead atoms. The van der Waals surface area contributed by atoms with E-state index in [1.807, 2.05) is 63.4 Å². The van der Waals surface area contributed by atoms with Gasteiger partial charge in [0.1, 0.15) is 11.9 Å². The number of aliphatic hydroxyl groups excluding tert-OH is 1. The number of carbonyl (C=O) groups is 3. The molecule has 4 aromatic carbocycles. The summed E-state index contributed by atoms with van der Waals surface area (Å²) in [6, 6.07) is 27.7. The number of likely N-dealkylation sites (N-methyl/N-ethyl adjacent to an activating group) is 1. The highest BCUT2D eigenvalue weighted by molar-refractivity contribution is 6.06. The molecule has 0 fully saturated rings. The van der Waals surface area contributed by atoms with Gasteiger partial charge in [0.05, 0.1) is 29.6 Å². The zero-order valence-electron chi connectivity index (χ0n) is 27.4. The van der Waals surface area contributed by atoms with Gasteiger partial charge in [-0.3, -0.25) is 14.5 Å². The number of hydrogen-bond acceptors (Lipinski definition) is 7. The second-order valence-electron chi connectivity index (χ2n) is 12.2. The molecule has 5 rings (SSSR count). The Kier molecular flexibility index (Phi) is 10.9. The van der Waals surface area contributed by atoms with Crippen LogP contribution in [0, 0.1) is 5.92 Å². The first-order valence-corrected chi connectivity index (χ1v) is 15.9. The topological polar surface area (TPSA) is 149 Å². The molecule has 11 heteroatoms. The van der Waals surface area contributed by atoms with Crippen LogP contribution in [0.4, 0.5) is 27.5 Å². The number of urea groups is 1. The van der Waals surface area contributed by atoms with Crippen LogP contribution in [0.3, 0.4) is 0 Å². The normalized spacial score (nSPS) is 16.6. The Morgan fingerprint density at radius 3 is 2.35 bits per heavy atom. The van der Waals surface area contributed by atoms with E-state index in [0.29, 0.717) is 59.3 Å². The minimum atomic E-state index is -0.441. The second-order valence-corrected chi connectivity index (χ2v) is 12.2. The number of rotatable bonds is 10. The predicted octanol–water partition coefficient (Wildman–Crippen LogP) is 5.52. The molecule has 250 valence electrons. The number of hydrogen-bond donors (Lipinski definition) is 5. The van der Waals surface area contributed by atoms with E-state index in [-0.39, 0.29) is 30.4 Å². The molecule has 0 radical (unpaired) electrons. The van der Waals surface area contributed by atoms with E-state index in [9.17, 15) is 19.5 Å². The molecule has 1 aliphatic rings. The van der Waals surface area contributed by atoms with Crippen LogP contribution >= 0.6 is 0 Å². The molecule has 1 heterocycles. The summed E-state index contributed by atoms with van der Waals surface area (Å²) in [5.41, 5.74) is 9.94. The van der Waals surface area contributed by atoms with Gasteiger partial charge in [-0.25, -0.2) is 4.79 Å². The van der Waals surface area contributed by atoms with Crippen molar-refractivity contribution in [1.82, 2.24) is 9.80 Å². The summed E-state index contributed by atoms with van der Waals surface area (Å²) in [5, 5.41) is 18.4. The summed E-state index contributed by atoms with van der Waals surface area (Å²) in [5.74, 6) is -0.181. The van der Waals surface area contributed by atoms with E-state index in [4.69, 9.17) is 10.5 Å². The first kappa shape index (κ1) is 34.0. The third-order valence-corrected chi connectivity index (χ3v) is 8.32. The molecule has 3 atom stereocenters. The van der Waals surface area contributed by atoms with Gasteiger partial charge in [0.2, 0.25) is 0 Å². The summed E-state index contributed by atoms with van der Waals surface area (Å²) in [7, 11) is 1.99. The van der Waals surface area contributed by atoms with Gasteiger partial charge in [-0.1, -0.05) is 49.4 Å². The summed E-state index contributed by atoms with van der Waals surface area (Å²) in [6.45, 7) is 5.17. The van der Waals surface area contributed by atoms with Crippen LogP contribution in [0.25, 0.3) is 0 Å². The number of carbonyl (C=O) groups excluding carboxylic acids is 3. The lowest BCUT2D eigenvalue weighted by atomic mass is 9.99. The number of anilines is 4. The highest BCUT2D eigenvalue weighted by atomic mass is 16.5. The minimum Gasteiger partial charge on any atom is -0.488 e. The molecule has 0 aliphatic carbocycles. The van der Waals surface area contributed by atoms with Crippen molar-refractivity contribution >= 4 is 40.6 Å². The van der Waals surface area contributed by atoms with Gasteiger partial charge in [0.15, 0.2) is 0 Å². The van der Waals surface area contributed by atoms with Crippen molar-refractivity contribution in [1.29, 1.82) is 0 Å². The molecular weight excluding hydrogens is 608 g/mol. The van der Waals surface area contributed by atoms with Crippen molar-refractivity contribution in [3.63, 3.8) is 0 Å². The SMILES string of the molecule is C[C@H](CO)N1C[C@H](C)[C@H](CN(C)Cc2ccc(C(=O)Nc3ccccc3N)cc2)Oc2ccc(NC(=O)Nc3ccccc3)cc2C1=O. The molecule has 0 unspecified atom stereocenters. The van der Waals surface area contributed by atoms with E-state index >= 15 is 0 Å². The predicted molar refractivity (Wildman–Crippen MR) is 188 cm³/mol. The number of nitrogens with one attached hydrogen (secondary N) is 3. The standard InChI is InChI=1S/C37H42N6O5/c1-24-20-43(25(2)23-44)36(46)30-19-29(40-37(47)39-28-9-5-4-6-10-28)17-18-33(30)48-34(24)22-42(3)21-26-13-15-27(16-14-26)35(45)41-32-12-8-7-11-31(32)38/h4-19,24-25,34,44H,20-23,38H2,1-3H3,(H,41,45)(H2,39,40,47)/t24-,25+,34-/m0/s1. The van der Waals surface area contributed by atoms with Crippen molar-refractivity contribution in [2.24, 2.45) is 5.92 Å². The monoisotopic (exact) mass is 650 g/mol. The van der Waals surface area contributed by atoms with Crippen molar-refractivity contribution in [3.8, 4) is 5.75 Å². The van der Waals surface area contributed by atoms with E-state index in [2.05, 4.69) is 20.9 Å². The summed E-state index contributed by atoms with van der Waals surface area (Å²) in [4.78, 5) is 43.0. The van der Waals surface area contributed by atoms with Gasteiger partial charge >= 0.3 is 6.03 Å². The lowest BCUT2D eigenvalue weighted by molar-refractivity contribution is 0.0341. The first-order valence-electron chi connectivity index (χ1n) is 15.9. The van der Waals surface area contributed by atoms with Crippen LogP contribution < -0.4 is 26.4 Å². The molecule has 0 saturated heterocycles. The molecule has 0 spiro atoms. The van der Waals surface area contributed by atoms with Crippen LogP contribution in [-0.2, 0) is 6.54 Å². The maximum atomic E-state index is 13.8. The number of amides is 4. The molecular formula is C37H42N6O5. The number of nitrogen functional groups attached to an aromatic ring is 1. The van der Waals surface area contributed by atoms with E-state index < -0.39 is 12.1 Å². The third kappa shape index (κ3) is 8.49. The number of nitrogens with two attached hydrogens (primary N) is 1. The van der Waals surface area contributed by atoms with Crippen molar-refractivity contribution in [3.05, 3.63) is 114 Å². The van der Waals surface area contributed by atoms with Crippen LogP contribution in [-0.4, -0.2) is 71.6 Å². The van der Waals surface area contributed by atoms with Crippen LogP contribution in [0.5, 0.6) is 5.75 Å². The first-order chi connectivity index (χ1) is 23.1. The molecule has 11 nitrogen and oxygen atoms in total. The third-order valence-electron chi connectivity index (χ3n) is 8.32. The molecule has 4 aromatic rings. The minimum absolute atomic E-state index is 0.0653. The van der Waals surface area contributed by atoms with Gasteiger partial charge in [0, 0.05) is 42.5 Å². The second kappa shape index (κ2) is 15.5. The molecule has 6 N–H and O–H groups in total. The summed E-state index contributed by atoms with van der Waals surface area (Å²) in [6.07, 6.45) is -0.295. The Morgan fingerprint density at radius 1 is 0.958 bits per heavy atom. The Labute approximate surface area is 280 Å². The smallest absolute Gasteiger partial charge is 0.323 e. The molecule has 1 aliphatic heterocycles. The zero-order chi connectivity index (χ0) is 34.2. The van der Waals surface area contributed by atoms with Crippen LogP contribution in [0.1, 0.15) is 40.1 Å². The number of para-hydroxylation sites is 3. The summed E-state index contributed by atoms with van der Waals surface area (Å²) < 4.78 is 6.52. The number of benzene rings is 4. The van der Waals surface area contributed by atoms with Crippen LogP contribution in [0.15, 0.2) is 97.1 Å². The Morgan fingerprint density at radius 2 is 1.65 bits per heavy atom. The summed E-state index contributed by atoms with van der Waals surface area (Å²) >= 11 is 0. The lowest BCUT2D eigenvalue weighted by Crippen LogP contribution is -2.49. The lowest BCUT2D eigenvalue weighted by Gasteiger charge is -2.38. The fourth-order valence-corrected chi connectivity index (χ4v) is 5.58. The number of nitrogens with zero attached hydrogens (tertiary/aromatic N) is 2. The average Bonchev–Trinajstić information content (AvgIpc) is 3.08. The van der Waals surface area contributed by atoms with Crippen molar-refractivity contribution < 1.29 is 24.2 Å². The number of aliphatic hydroxyl groups is 1. The Hall–Kier alpha value is -5.39. The van der Waals surface area contributed by atoms with Gasteiger partial charge in [-0.15, -0.1) is 0 Å². The number of ether oxygens (including phenoxy) is 1. The molecule has 4 amide bonds. The fourth-order valence-electron chi connectivity index (χ4n) is 5.58. The fraction of sp³-hybridized carbons (Fsp3) is 0.270. The Bertz CT molecular complexity index is 1730. The largest absolute Gasteiger partial charge is 0.488 e. The van der Waals surface area contributed by atoms with Gasteiger partial charge in [-0.05, 0) is 74.1 Å². The molecule has 48 heavy (non-hydrogen) atoms. The highest BCUT2D eigenvalue weighted by Gasteiger charge is 2.33. The zero-order valence-corrected chi connectivity index (χ0v) is 27.4. The average molecular weight is 651 g/mol. The van der Waals surface area contributed by atoms with Gasteiger partial charge < -0.3 is 36.4 Å². The Balaban J connectivity index is 1.28. The van der Waals surface area contributed by atoms with Crippen molar-refractivity contribution in [2.75, 3.05) is 48.4 Å². The molecule has 0 saturated carbocycles. The van der Waals surface area contributed by atoms with E-state index in [1.54, 1.807) is 59.5 Å².